The number of carbonyl (C=O) groups is 1. The van der Waals surface area contributed by atoms with Crippen LogP contribution in [0.3, 0.4) is 0 Å². The number of nitrogens with zero attached hydrogens (tertiary/aromatic N) is 1. The zero-order valence-corrected chi connectivity index (χ0v) is 13.8. The Balaban J connectivity index is 1.81. The van der Waals surface area contributed by atoms with Crippen molar-refractivity contribution in [3.8, 4) is 11.1 Å². The van der Waals surface area contributed by atoms with Gasteiger partial charge in [0.15, 0.2) is 0 Å². The van der Waals surface area contributed by atoms with Crippen LogP contribution in [-0.2, 0) is 4.79 Å². The molecule has 4 rings (SSSR count). The molecule has 2 aliphatic rings. The largest absolute Gasteiger partial charge is 0.394 e. The SMILES string of the molecule is CC(=O)N1CC[C@@H]2[C@H]1c1cc(-c3ccccc3)ccc1N[C@@H]2CO. The molecule has 1 fully saturated rings. The Morgan fingerprint density at radius 3 is 2.71 bits per heavy atom. The number of aliphatic hydroxyl groups excluding tert-OH is 1. The molecule has 0 aromatic heterocycles. The van der Waals surface area contributed by atoms with E-state index in [1.165, 1.54) is 11.1 Å². The van der Waals surface area contributed by atoms with Gasteiger partial charge in [0.05, 0.1) is 18.7 Å². The maximum absolute atomic E-state index is 12.1. The highest BCUT2D eigenvalue weighted by Crippen LogP contribution is 2.47. The van der Waals surface area contributed by atoms with Crippen molar-refractivity contribution in [1.82, 2.24) is 4.90 Å². The van der Waals surface area contributed by atoms with E-state index in [1.54, 1.807) is 6.92 Å². The zero-order chi connectivity index (χ0) is 16.7. The monoisotopic (exact) mass is 322 g/mol. The molecular formula is C20H22N2O2. The van der Waals surface area contributed by atoms with Crippen LogP contribution in [0.1, 0.15) is 24.9 Å². The summed E-state index contributed by atoms with van der Waals surface area (Å²) in [5.74, 6) is 0.370. The molecule has 0 spiro atoms. The van der Waals surface area contributed by atoms with E-state index < -0.39 is 0 Å². The minimum Gasteiger partial charge on any atom is -0.394 e. The average molecular weight is 322 g/mol. The fraction of sp³-hybridized carbons (Fsp3) is 0.350. The van der Waals surface area contributed by atoms with Gasteiger partial charge < -0.3 is 15.3 Å². The Bertz CT molecular complexity index is 759. The molecular weight excluding hydrogens is 300 g/mol. The first-order valence-electron chi connectivity index (χ1n) is 8.53. The molecule has 2 heterocycles. The van der Waals surface area contributed by atoms with Gasteiger partial charge in [-0.1, -0.05) is 36.4 Å². The number of nitrogens with one attached hydrogen (secondary N) is 1. The van der Waals surface area contributed by atoms with Crippen LogP contribution in [0.4, 0.5) is 5.69 Å². The first-order valence-corrected chi connectivity index (χ1v) is 8.53. The quantitative estimate of drug-likeness (QED) is 0.893. The maximum Gasteiger partial charge on any atom is 0.219 e. The highest BCUT2D eigenvalue weighted by atomic mass is 16.3. The van der Waals surface area contributed by atoms with Crippen LogP contribution in [0.2, 0.25) is 0 Å². The Morgan fingerprint density at radius 1 is 1.21 bits per heavy atom. The molecule has 1 amide bonds. The number of rotatable bonds is 2. The number of fused-ring (bicyclic) bond motifs is 3. The van der Waals surface area contributed by atoms with E-state index in [4.69, 9.17) is 0 Å². The van der Waals surface area contributed by atoms with Crippen LogP contribution < -0.4 is 5.32 Å². The predicted molar refractivity (Wildman–Crippen MR) is 94.6 cm³/mol. The van der Waals surface area contributed by atoms with Crippen molar-refractivity contribution in [3.05, 3.63) is 54.1 Å². The molecule has 2 N–H and O–H groups in total. The van der Waals surface area contributed by atoms with E-state index in [-0.39, 0.29) is 30.5 Å². The summed E-state index contributed by atoms with van der Waals surface area (Å²) < 4.78 is 0. The molecule has 0 bridgehead atoms. The number of carbonyl (C=O) groups excluding carboxylic acids is 1. The van der Waals surface area contributed by atoms with E-state index >= 15 is 0 Å². The summed E-state index contributed by atoms with van der Waals surface area (Å²) in [7, 11) is 0. The van der Waals surface area contributed by atoms with E-state index in [0.717, 1.165) is 24.2 Å². The molecule has 0 unspecified atom stereocenters. The second-order valence-electron chi connectivity index (χ2n) is 6.71. The third-order valence-corrected chi connectivity index (χ3v) is 5.38. The van der Waals surface area contributed by atoms with E-state index in [1.807, 2.05) is 23.1 Å². The Hall–Kier alpha value is -2.33. The fourth-order valence-electron chi connectivity index (χ4n) is 4.23. The first-order chi connectivity index (χ1) is 11.7. The minimum absolute atomic E-state index is 0.00873. The van der Waals surface area contributed by atoms with Gasteiger partial charge in [0.1, 0.15) is 0 Å². The van der Waals surface area contributed by atoms with Gasteiger partial charge in [-0.15, -0.1) is 0 Å². The molecule has 0 saturated carbocycles. The summed E-state index contributed by atoms with van der Waals surface area (Å²) in [5.41, 5.74) is 4.53. The van der Waals surface area contributed by atoms with Crippen molar-refractivity contribution in [2.45, 2.75) is 25.4 Å². The highest BCUT2D eigenvalue weighted by molar-refractivity contribution is 5.76. The van der Waals surface area contributed by atoms with Crippen molar-refractivity contribution >= 4 is 11.6 Å². The van der Waals surface area contributed by atoms with Crippen molar-refractivity contribution in [2.75, 3.05) is 18.5 Å². The lowest BCUT2D eigenvalue weighted by Gasteiger charge is -2.39. The summed E-state index contributed by atoms with van der Waals surface area (Å²) in [6, 6.07) is 16.7. The van der Waals surface area contributed by atoms with Crippen molar-refractivity contribution in [1.29, 1.82) is 0 Å². The van der Waals surface area contributed by atoms with Gasteiger partial charge in [0.25, 0.3) is 0 Å². The lowest BCUT2D eigenvalue weighted by Crippen LogP contribution is -2.42. The smallest absolute Gasteiger partial charge is 0.219 e. The molecule has 124 valence electrons. The third-order valence-electron chi connectivity index (χ3n) is 5.38. The Kier molecular flexibility index (Phi) is 3.77. The highest BCUT2D eigenvalue weighted by Gasteiger charge is 2.44. The topological polar surface area (TPSA) is 52.6 Å². The molecule has 1 saturated heterocycles. The average Bonchev–Trinajstić information content (AvgIpc) is 3.07. The van der Waals surface area contributed by atoms with Gasteiger partial charge in [0, 0.05) is 25.1 Å². The van der Waals surface area contributed by atoms with Crippen molar-refractivity contribution in [3.63, 3.8) is 0 Å². The maximum atomic E-state index is 12.1. The van der Waals surface area contributed by atoms with Crippen LogP contribution in [0, 0.1) is 5.92 Å². The number of anilines is 1. The van der Waals surface area contributed by atoms with Gasteiger partial charge in [-0.3, -0.25) is 4.79 Å². The third kappa shape index (κ3) is 2.38. The van der Waals surface area contributed by atoms with E-state index in [9.17, 15) is 9.90 Å². The van der Waals surface area contributed by atoms with Gasteiger partial charge in [-0.05, 0) is 35.2 Å². The van der Waals surface area contributed by atoms with Crippen LogP contribution in [0.5, 0.6) is 0 Å². The molecule has 2 aliphatic heterocycles. The van der Waals surface area contributed by atoms with Crippen LogP contribution in [-0.4, -0.2) is 35.1 Å². The Morgan fingerprint density at radius 2 is 2.00 bits per heavy atom. The normalized spacial score (nSPS) is 24.9. The van der Waals surface area contributed by atoms with Gasteiger partial charge in [-0.2, -0.15) is 0 Å². The van der Waals surface area contributed by atoms with Crippen LogP contribution in [0.25, 0.3) is 11.1 Å². The summed E-state index contributed by atoms with van der Waals surface area (Å²) in [6.07, 6.45) is 0.928. The summed E-state index contributed by atoms with van der Waals surface area (Å²) in [6.45, 7) is 2.49. The molecule has 4 nitrogen and oxygen atoms in total. The summed E-state index contributed by atoms with van der Waals surface area (Å²) >= 11 is 0. The van der Waals surface area contributed by atoms with Crippen LogP contribution in [0.15, 0.2) is 48.5 Å². The standard InChI is InChI=1S/C20H22N2O2/c1-13(24)22-10-9-16-19(12-23)21-18-8-7-15(11-17(18)20(16)22)14-5-3-2-4-6-14/h2-8,11,16,19-21,23H,9-10,12H2,1H3/t16-,19+,20-/m0/s1. The lowest BCUT2D eigenvalue weighted by molar-refractivity contribution is -0.130. The van der Waals surface area contributed by atoms with Gasteiger partial charge in [0.2, 0.25) is 5.91 Å². The lowest BCUT2D eigenvalue weighted by atomic mass is 9.82. The number of aliphatic hydroxyl groups is 1. The number of amides is 1. The molecule has 0 aliphatic carbocycles. The van der Waals surface area contributed by atoms with Gasteiger partial charge in [-0.25, -0.2) is 0 Å². The Labute approximate surface area is 142 Å². The van der Waals surface area contributed by atoms with E-state index in [2.05, 4.69) is 35.6 Å². The zero-order valence-electron chi connectivity index (χ0n) is 13.8. The van der Waals surface area contributed by atoms with Gasteiger partial charge >= 0.3 is 0 Å². The minimum atomic E-state index is 0.00873. The second kappa shape index (κ2) is 5.95. The molecule has 2 aromatic carbocycles. The number of hydrogen-bond donors (Lipinski definition) is 2. The summed E-state index contributed by atoms with van der Waals surface area (Å²) in [4.78, 5) is 14.1. The van der Waals surface area contributed by atoms with Crippen molar-refractivity contribution in [2.24, 2.45) is 5.92 Å². The second-order valence-corrected chi connectivity index (χ2v) is 6.71. The molecule has 24 heavy (non-hydrogen) atoms. The molecule has 4 heteroatoms. The number of likely N-dealkylation sites (tertiary alicyclic amines) is 1. The summed E-state index contributed by atoms with van der Waals surface area (Å²) in [5, 5.41) is 13.2. The number of hydrogen-bond acceptors (Lipinski definition) is 3. The number of benzene rings is 2. The molecule has 2 aromatic rings. The molecule has 3 atom stereocenters. The van der Waals surface area contributed by atoms with Crippen molar-refractivity contribution < 1.29 is 9.90 Å². The van der Waals surface area contributed by atoms with E-state index in [0.29, 0.717) is 0 Å². The van der Waals surface area contributed by atoms with Crippen LogP contribution >= 0.6 is 0 Å². The fourth-order valence-corrected chi connectivity index (χ4v) is 4.23. The first kappa shape index (κ1) is 15.2. The molecule has 0 radical (unpaired) electrons. The predicted octanol–water partition coefficient (Wildman–Crippen LogP) is 3.05.